The molecule has 0 aromatic heterocycles. The number of halogens is 1. The Morgan fingerprint density at radius 3 is 2.26 bits per heavy atom. The summed E-state index contributed by atoms with van der Waals surface area (Å²) in [5.74, 6) is 1.60. The summed E-state index contributed by atoms with van der Waals surface area (Å²) in [5.41, 5.74) is 2.34. The quantitative estimate of drug-likeness (QED) is 0.543. The summed E-state index contributed by atoms with van der Waals surface area (Å²) in [6.45, 7) is 5.65. The van der Waals surface area contributed by atoms with Crippen molar-refractivity contribution in [2.45, 2.75) is 6.54 Å². The lowest BCUT2D eigenvalue weighted by Gasteiger charge is -2.36. The maximum absolute atomic E-state index is 10.8. The van der Waals surface area contributed by atoms with Gasteiger partial charge in [0.25, 0.3) is 5.69 Å². The van der Waals surface area contributed by atoms with E-state index in [4.69, 9.17) is 9.47 Å². The maximum Gasteiger partial charge on any atom is 0.269 e. The van der Waals surface area contributed by atoms with Gasteiger partial charge in [-0.05, 0) is 29.8 Å². The van der Waals surface area contributed by atoms with Crippen LogP contribution < -0.4 is 14.4 Å². The number of anilines is 1. The second kappa shape index (κ2) is 7.74. The van der Waals surface area contributed by atoms with Gasteiger partial charge < -0.3 is 14.4 Å². The molecule has 0 atom stereocenters. The van der Waals surface area contributed by atoms with Crippen LogP contribution in [0.15, 0.2) is 40.9 Å². The highest BCUT2D eigenvalue weighted by Crippen LogP contribution is 2.36. The first kappa shape index (κ1) is 18.1. The van der Waals surface area contributed by atoms with Crippen LogP contribution in [0.1, 0.15) is 5.56 Å². The Hall–Kier alpha value is -2.32. The van der Waals surface area contributed by atoms with E-state index >= 15 is 0 Å². The van der Waals surface area contributed by atoms with E-state index in [0.29, 0.717) is 13.2 Å². The van der Waals surface area contributed by atoms with Crippen LogP contribution in [-0.2, 0) is 6.54 Å². The molecule has 0 aliphatic carbocycles. The van der Waals surface area contributed by atoms with Crippen LogP contribution in [0.25, 0.3) is 0 Å². The molecule has 7 nitrogen and oxygen atoms in total. The molecule has 0 amide bonds. The van der Waals surface area contributed by atoms with E-state index in [2.05, 4.69) is 31.8 Å². The molecule has 4 rings (SSSR count). The Morgan fingerprint density at radius 2 is 1.63 bits per heavy atom. The molecular weight excluding hydrogens is 414 g/mol. The number of nitro benzene ring substituents is 1. The van der Waals surface area contributed by atoms with Crippen molar-refractivity contribution in [3.63, 3.8) is 0 Å². The number of ether oxygens (including phenoxy) is 2. The fourth-order valence-electron chi connectivity index (χ4n) is 3.42. The molecule has 2 aromatic carbocycles. The van der Waals surface area contributed by atoms with Crippen LogP contribution in [0.2, 0.25) is 0 Å². The third kappa shape index (κ3) is 4.01. The van der Waals surface area contributed by atoms with E-state index in [0.717, 1.165) is 54.4 Å². The van der Waals surface area contributed by atoms with Crippen molar-refractivity contribution in [1.29, 1.82) is 0 Å². The molecule has 0 bridgehead atoms. The summed E-state index contributed by atoms with van der Waals surface area (Å²) in [6, 6.07) is 10.8. The zero-order valence-electron chi connectivity index (χ0n) is 14.8. The monoisotopic (exact) mass is 433 g/mol. The smallest absolute Gasteiger partial charge is 0.269 e. The Labute approximate surface area is 165 Å². The van der Waals surface area contributed by atoms with Crippen molar-refractivity contribution in [3.05, 3.63) is 56.5 Å². The average molecular weight is 434 g/mol. The summed E-state index contributed by atoms with van der Waals surface area (Å²) in [5, 5.41) is 10.8. The lowest BCUT2D eigenvalue weighted by atomic mass is 10.1. The topological polar surface area (TPSA) is 68.1 Å². The van der Waals surface area contributed by atoms with Crippen molar-refractivity contribution in [2.24, 2.45) is 0 Å². The Kier molecular flexibility index (Phi) is 5.18. The molecule has 2 aliphatic heterocycles. The number of hydrogen-bond acceptors (Lipinski definition) is 6. The zero-order valence-corrected chi connectivity index (χ0v) is 16.4. The van der Waals surface area contributed by atoms with Crippen LogP contribution >= 0.6 is 15.9 Å². The summed E-state index contributed by atoms with van der Waals surface area (Å²) in [7, 11) is 0. The van der Waals surface area contributed by atoms with Gasteiger partial charge in [0.05, 0.1) is 4.92 Å². The highest BCUT2D eigenvalue weighted by atomic mass is 79.9. The average Bonchev–Trinajstić information content (AvgIpc) is 2.69. The van der Waals surface area contributed by atoms with Crippen LogP contribution in [0.5, 0.6) is 11.5 Å². The summed E-state index contributed by atoms with van der Waals surface area (Å²) < 4.78 is 12.3. The molecule has 1 saturated heterocycles. The first-order valence-electron chi connectivity index (χ1n) is 8.90. The molecule has 2 aromatic rings. The molecule has 0 radical (unpaired) electrons. The third-order valence-corrected chi connectivity index (χ3v) is 5.64. The van der Waals surface area contributed by atoms with E-state index in [1.54, 1.807) is 12.1 Å². The number of nitro groups is 1. The third-order valence-electron chi connectivity index (χ3n) is 4.90. The fourth-order valence-corrected chi connectivity index (χ4v) is 3.87. The predicted octanol–water partition coefficient (Wildman–Crippen LogP) is 3.45. The standard InChI is InChI=1S/C19H20BrN3O4/c20-17-12-19-18(26-9-10-27-19)11-14(17)13-21-5-7-22(8-6-21)15-1-3-16(4-2-15)23(24)25/h1-4,11-12H,5-10,13H2. The second-order valence-electron chi connectivity index (χ2n) is 6.62. The molecule has 0 spiro atoms. The van der Waals surface area contributed by atoms with Gasteiger partial charge in [0, 0.05) is 55.0 Å². The molecule has 27 heavy (non-hydrogen) atoms. The summed E-state index contributed by atoms with van der Waals surface area (Å²) >= 11 is 3.64. The minimum atomic E-state index is -0.368. The van der Waals surface area contributed by atoms with Crippen LogP contribution in [0.4, 0.5) is 11.4 Å². The summed E-state index contributed by atoms with van der Waals surface area (Å²) in [4.78, 5) is 15.1. The molecular formula is C19H20BrN3O4. The Morgan fingerprint density at radius 1 is 1.00 bits per heavy atom. The van der Waals surface area contributed by atoms with Crippen molar-refractivity contribution < 1.29 is 14.4 Å². The van der Waals surface area contributed by atoms with Crippen LogP contribution in [0, 0.1) is 10.1 Å². The van der Waals surface area contributed by atoms with Gasteiger partial charge in [-0.25, -0.2) is 0 Å². The van der Waals surface area contributed by atoms with Gasteiger partial charge in [0.15, 0.2) is 11.5 Å². The number of rotatable bonds is 4. The molecule has 1 fully saturated rings. The molecule has 0 N–H and O–H groups in total. The van der Waals surface area contributed by atoms with Crippen LogP contribution in [0.3, 0.4) is 0 Å². The van der Waals surface area contributed by atoms with E-state index in [1.165, 1.54) is 5.56 Å². The zero-order chi connectivity index (χ0) is 18.8. The van der Waals surface area contributed by atoms with E-state index < -0.39 is 0 Å². The van der Waals surface area contributed by atoms with Gasteiger partial charge in [-0.1, -0.05) is 15.9 Å². The molecule has 8 heteroatoms. The maximum atomic E-state index is 10.8. The molecule has 2 heterocycles. The number of hydrogen-bond donors (Lipinski definition) is 0. The highest BCUT2D eigenvalue weighted by Gasteiger charge is 2.21. The van der Waals surface area contributed by atoms with Gasteiger partial charge in [-0.3, -0.25) is 15.0 Å². The van der Waals surface area contributed by atoms with Gasteiger partial charge in [-0.15, -0.1) is 0 Å². The van der Waals surface area contributed by atoms with Crippen molar-refractivity contribution in [1.82, 2.24) is 4.90 Å². The van der Waals surface area contributed by atoms with E-state index in [-0.39, 0.29) is 10.6 Å². The predicted molar refractivity (Wildman–Crippen MR) is 106 cm³/mol. The number of non-ortho nitro benzene ring substituents is 1. The number of benzene rings is 2. The minimum absolute atomic E-state index is 0.126. The van der Waals surface area contributed by atoms with Gasteiger partial charge >= 0.3 is 0 Å². The minimum Gasteiger partial charge on any atom is -0.486 e. The molecule has 2 aliphatic rings. The summed E-state index contributed by atoms with van der Waals surface area (Å²) in [6.07, 6.45) is 0. The number of piperazine rings is 1. The highest BCUT2D eigenvalue weighted by molar-refractivity contribution is 9.10. The van der Waals surface area contributed by atoms with E-state index in [1.807, 2.05) is 18.2 Å². The SMILES string of the molecule is O=[N+]([O-])c1ccc(N2CCN(Cc3cc4c(cc3Br)OCCO4)CC2)cc1. The second-order valence-corrected chi connectivity index (χ2v) is 7.48. The lowest BCUT2D eigenvalue weighted by Crippen LogP contribution is -2.46. The Balaban J connectivity index is 1.37. The Bertz CT molecular complexity index is 836. The van der Waals surface area contributed by atoms with Crippen molar-refractivity contribution in [3.8, 4) is 11.5 Å². The van der Waals surface area contributed by atoms with Gasteiger partial charge in [-0.2, -0.15) is 0 Å². The van der Waals surface area contributed by atoms with Gasteiger partial charge in [0.1, 0.15) is 13.2 Å². The van der Waals surface area contributed by atoms with Crippen molar-refractivity contribution in [2.75, 3.05) is 44.3 Å². The largest absolute Gasteiger partial charge is 0.486 e. The molecule has 142 valence electrons. The fraction of sp³-hybridized carbons (Fsp3) is 0.368. The first-order chi connectivity index (χ1) is 13.1. The lowest BCUT2D eigenvalue weighted by molar-refractivity contribution is -0.384. The first-order valence-corrected chi connectivity index (χ1v) is 9.69. The molecule has 0 unspecified atom stereocenters. The number of nitrogens with zero attached hydrogens (tertiary/aromatic N) is 3. The van der Waals surface area contributed by atoms with Crippen molar-refractivity contribution >= 4 is 27.3 Å². The van der Waals surface area contributed by atoms with Gasteiger partial charge in [0.2, 0.25) is 0 Å². The number of fused-ring (bicyclic) bond motifs is 1. The normalized spacial score (nSPS) is 17.0. The van der Waals surface area contributed by atoms with E-state index in [9.17, 15) is 10.1 Å². The van der Waals surface area contributed by atoms with Crippen LogP contribution in [-0.4, -0.2) is 49.2 Å². The molecule has 0 saturated carbocycles.